The zero-order chi connectivity index (χ0) is 13.8. The fourth-order valence-corrected chi connectivity index (χ4v) is 1.73. The van der Waals surface area contributed by atoms with Gasteiger partial charge in [-0.15, -0.1) is 0 Å². The first-order valence-corrected chi connectivity index (χ1v) is 5.84. The van der Waals surface area contributed by atoms with Gasteiger partial charge in [0.05, 0.1) is 17.9 Å². The third kappa shape index (κ3) is 3.28. The van der Waals surface area contributed by atoms with Crippen LogP contribution < -0.4 is 11.1 Å². The number of amides is 1. The molecule has 0 aliphatic carbocycles. The Balaban J connectivity index is 2.14. The van der Waals surface area contributed by atoms with Crippen molar-refractivity contribution < 1.29 is 9.18 Å². The summed E-state index contributed by atoms with van der Waals surface area (Å²) in [5, 5.41) is 3.18. The number of aromatic nitrogens is 1. The maximum absolute atomic E-state index is 12.8. The molecule has 0 fully saturated rings. The van der Waals surface area contributed by atoms with Crippen molar-refractivity contribution in [3.8, 4) is 0 Å². The zero-order valence-electron chi connectivity index (χ0n) is 10.4. The highest BCUT2D eigenvalue weighted by Crippen LogP contribution is 2.18. The van der Waals surface area contributed by atoms with Crippen LogP contribution in [0.3, 0.4) is 0 Å². The normalized spacial score (nSPS) is 11.9. The van der Waals surface area contributed by atoms with Crippen LogP contribution in [0.25, 0.3) is 0 Å². The van der Waals surface area contributed by atoms with E-state index in [9.17, 15) is 9.18 Å². The van der Waals surface area contributed by atoms with Crippen molar-refractivity contribution >= 4 is 11.6 Å². The molecule has 1 amide bonds. The number of hydrogen-bond acceptors (Lipinski definition) is 3. The van der Waals surface area contributed by atoms with E-state index in [2.05, 4.69) is 10.3 Å². The van der Waals surface area contributed by atoms with Crippen LogP contribution in [0.15, 0.2) is 42.6 Å². The summed E-state index contributed by atoms with van der Waals surface area (Å²) in [6.07, 6.45) is 1.17. The molecule has 0 spiro atoms. The van der Waals surface area contributed by atoms with Crippen LogP contribution in [0.5, 0.6) is 0 Å². The molecule has 1 unspecified atom stereocenters. The van der Waals surface area contributed by atoms with Gasteiger partial charge in [0.25, 0.3) is 0 Å². The number of rotatable bonds is 4. The Labute approximate surface area is 110 Å². The maximum atomic E-state index is 12.8. The van der Waals surface area contributed by atoms with Gasteiger partial charge in [-0.25, -0.2) is 4.39 Å². The van der Waals surface area contributed by atoms with E-state index < -0.39 is 5.91 Å². The minimum Gasteiger partial charge on any atom is -0.377 e. The van der Waals surface area contributed by atoms with Gasteiger partial charge in [0.1, 0.15) is 5.82 Å². The van der Waals surface area contributed by atoms with E-state index in [1.54, 1.807) is 24.3 Å². The van der Waals surface area contributed by atoms with E-state index in [-0.39, 0.29) is 11.9 Å². The van der Waals surface area contributed by atoms with Crippen molar-refractivity contribution in [1.29, 1.82) is 0 Å². The molecule has 0 aliphatic heterocycles. The van der Waals surface area contributed by atoms with E-state index in [1.165, 1.54) is 12.3 Å². The van der Waals surface area contributed by atoms with Crippen molar-refractivity contribution in [3.05, 3.63) is 59.7 Å². The Bertz CT molecular complexity index is 583. The molecule has 1 heterocycles. The largest absolute Gasteiger partial charge is 0.377 e. The van der Waals surface area contributed by atoms with Crippen molar-refractivity contribution in [2.75, 3.05) is 5.32 Å². The lowest BCUT2D eigenvalue weighted by Crippen LogP contribution is -2.12. The molecule has 98 valence electrons. The van der Waals surface area contributed by atoms with Crippen LogP contribution in [0.1, 0.15) is 29.0 Å². The molecule has 4 nitrogen and oxygen atoms in total. The second-order valence-corrected chi connectivity index (χ2v) is 4.21. The van der Waals surface area contributed by atoms with E-state index in [4.69, 9.17) is 5.73 Å². The van der Waals surface area contributed by atoms with Gasteiger partial charge in [0.2, 0.25) is 5.91 Å². The molecule has 5 heteroatoms. The van der Waals surface area contributed by atoms with Crippen molar-refractivity contribution in [2.45, 2.75) is 13.0 Å². The monoisotopic (exact) mass is 259 g/mol. The highest BCUT2D eigenvalue weighted by molar-refractivity contribution is 5.93. The number of pyridine rings is 1. The number of nitrogens with zero attached hydrogens (tertiary/aromatic N) is 1. The molecular weight excluding hydrogens is 245 g/mol. The third-order valence-corrected chi connectivity index (χ3v) is 2.72. The SMILES string of the molecule is CC(Nc1cccc(C(N)=O)c1)c1ccc(F)cn1. The predicted molar refractivity (Wildman–Crippen MR) is 71.2 cm³/mol. The fraction of sp³-hybridized carbons (Fsp3) is 0.143. The molecule has 0 bridgehead atoms. The molecule has 0 saturated heterocycles. The van der Waals surface area contributed by atoms with Crippen LogP contribution in [0, 0.1) is 5.82 Å². The molecule has 0 radical (unpaired) electrons. The van der Waals surface area contributed by atoms with Gasteiger partial charge in [-0.3, -0.25) is 9.78 Å². The Morgan fingerprint density at radius 3 is 2.79 bits per heavy atom. The number of benzene rings is 1. The van der Waals surface area contributed by atoms with Gasteiger partial charge in [0.15, 0.2) is 0 Å². The first-order chi connectivity index (χ1) is 9.06. The average Bonchev–Trinajstić information content (AvgIpc) is 2.39. The number of anilines is 1. The zero-order valence-corrected chi connectivity index (χ0v) is 10.4. The van der Waals surface area contributed by atoms with Crippen LogP contribution >= 0.6 is 0 Å². The van der Waals surface area contributed by atoms with Crippen LogP contribution in [0.4, 0.5) is 10.1 Å². The number of nitrogens with two attached hydrogens (primary N) is 1. The lowest BCUT2D eigenvalue weighted by Gasteiger charge is -2.15. The summed E-state index contributed by atoms with van der Waals surface area (Å²) in [4.78, 5) is 15.1. The molecule has 1 aromatic carbocycles. The first kappa shape index (κ1) is 13.0. The van der Waals surface area contributed by atoms with Crippen LogP contribution in [-0.2, 0) is 0 Å². The molecule has 0 aliphatic rings. The Morgan fingerprint density at radius 2 is 2.16 bits per heavy atom. The molecular formula is C14H14FN3O. The van der Waals surface area contributed by atoms with Gasteiger partial charge in [0, 0.05) is 11.3 Å². The average molecular weight is 259 g/mol. The van der Waals surface area contributed by atoms with Crippen LogP contribution in [-0.4, -0.2) is 10.9 Å². The van der Waals surface area contributed by atoms with Crippen molar-refractivity contribution in [2.24, 2.45) is 5.73 Å². The highest BCUT2D eigenvalue weighted by atomic mass is 19.1. The summed E-state index contributed by atoms with van der Waals surface area (Å²) in [7, 11) is 0. The molecule has 3 N–H and O–H groups in total. The van der Waals surface area contributed by atoms with Gasteiger partial charge in [-0.05, 0) is 37.3 Å². The lowest BCUT2D eigenvalue weighted by atomic mass is 10.1. The molecule has 1 atom stereocenters. The molecule has 1 aromatic heterocycles. The van der Waals surface area contributed by atoms with Gasteiger partial charge in [-0.1, -0.05) is 6.07 Å². The molecule has 2 aromatic rings. The van der Waals surface area contributed by atoms with E-state index in [0.29, 0.717) is 11.3 Å². The highest BCUT2D eigenvalue weighted by Gasteiger charge is 2.08. The minimum atomic E-state index is -0.476. The second kappa shape index (κ2) is 5.48. The standard InChI is InChI=1S/C14H14FN3O/c1-9(13-6-5-11(15)8-17-13)18-12-4-2-3-10(7-12)14(16)19/h2-9,18H,1H3,(H2,16,19). The predicted octanol–water partition coefficient (Wildman–Crippen LogP) is 2.49. The summed E-state index contributed by atoms with van der Waals surface area (Å²) >= 11 is 0. The molecule has 19 heavy (non-hydrogen) atoms. The number of carbonyl (C=O) groups is 1. The minimum absolute atomic E-state index is 0.108. The first-order valence-electron chi connectivity index (χ1n) is 5.84. The molecule has 2 rings (SSSR count). The van der Waals surface area contributed by atoms with Gasteiger partial charge >= 0.3 is 0 Å². The van der Waals surface area contributed by atoms with Crippen LogP contribution in [0.2, 0.25) is 0 Å². The van der Waals surface area contributed by atoms with E-state index in [1.807, 2.05) is 13.0 Å². The number of hydrogen-bond donors (Lipinski definition) is 2. The van der Waals surface area contributed by atoms with E-state index in [0.717, 1.165) is 5.69 Å². The Morgan fingerprint density at radius 1 is 1.37 bits per heavy atom. The lowest BCUT2D eigenvalue weighted by molar-refractivity contribution is 0.100. The topological polar surface area (TPSA) is 68.0 Å². The smallest absolute Gasteiger partial charge is 0.248 e. The van der Waals surface area contributed by atoms with Gasteiger partial charge in [-0.2, -0.15) is 0 Å². The van der Waals surface area contributed by atoms with Crippen molar-refractivity contribution in [3.63, 3.8) is 0 Å². The van der Waals surface area contributed by atoms with E-state index >= 15 is 0 Å². The Kier molecular flexibility index (Phi) is 3.75. The summed E-state index contributed by atoms with van der Waals surface area (Å²) in [6, 6.07) is 9.76. The third-order valence-electron chi connectivity index (χ3n) is 2.72. The number of primary amides is 1. The number of carbonyl (C=O) groups excluding carboxylic acids is 1. The second-order valence-electron chi connectivity index (χ2n) is 4.21. The number of nitrogens with one attached hydrogen (secondary N) is 1. The summed E-state index contributed by atoms with van der Waals surface area (Å²) in [6.45, 7) is 1.90. The Hall–Kier alpha value is -2.43. The number of halogens is 1. The molecule has 0 saturated carbocycles. The fourth-order valence-electron chi connectivity index (χ4n) is 1.73. The van der Waals surface area contributed by atoms with Gasteiger partial charge < -0.3 is 11.1 Å². The quantitative estimate of drug-likeness (QED) is 0.886. The summed E-state index contributed by atoms with van der Waals surface area (Å²) in [5.41, 5.74) is 7.13. The summed E-state index contributed by atoms with van der Waals surface area (Å²) in [5.74, 6) is -0.845. The van der Waals surface area contributed by atoms with Crippen molar-refractivity contribution in [1.82, 2.24) is 4.98 Å². The summed E-state index contributed by atoms with van der Waals surface area (Å²) < 4.78 is 12.8. The maximum Gasteiger partial charge on any atom is 0.248 e.